The number of carbonyl (C=O) groups excluding carboxylic acids is 3. The normalized spacial score (nSPS) is 25.3. The van der Waals surface area contributed by atoms with Gasteiger partial charge in [-0.15, -0.1) is 0 Å². The van der Waals surface area contributed by atoms with Crippen molar-refractivity contribution in [2.24, 2.45) is 11.8 Å². The quantitative estimate of drug-likeness (QED) is 0.557. The number of likely N-dealkylation sites (tertiary alicyclic amines) is 2. The van der Waals surface area contributed by atoms with Crippen molar-refractivity contribution in [1.29, 1.82) is 0 Å². The number of benzene rings is 1. The van der Waals surface area contributed by atoms with Crippen molar-refractivity contribution in [1.82, 2.24) is 9.80 Å². The predicted octanol–water partition coefficient (Wildman–Crippen LogP) is 2.23. The monoisotopic (exact) mass is 418 g/mol. The molecule has 26 heavy (non-hydrogen) atoms. The molecule has 2 fully saturated rings. The summed E-state index contributed by atoms with van der Waals surface area (Å²) >= 11 is 3.40. The Morgan fingerprint density at radius 1 is 1.12 bits per heavy atom. The van der Waals surface area contributed by atoms with Gasteiger partial charge >= 0.3 is 0 Å². The molecule has 2 saturated heterocycles. The molecule has 0 aromatic heterocycles. The van der Waals surface area contributed by atoms with Crippen LogP contribution in [-0.4, -0.2) is 53.8 Å². The fourth-order valence-electron chi connectivity index (χ4n) is 3.94. The molecule has 0 bridgehead atoms. The van der Waals surface area contributed by atoms with Crippen LogP contribution in [0.4, 0.5) is 0 Å². The van der Waals surface area contributed by atoms with Crippen molar-refractivity contribution >= 4 is 33.7 Å². The molecule has 1 aliphatic carbocycles. The minimum Gasteiger partial charge on any atom is -0.497 e. The first-order valence-electron chi connectivity index (χ1n) is 8.66. The summed E-state index contributed by atoms with van der Waals surface area (Å²) in [5, 5.41) is 0. The molecule has 1 aromatic carbocycles. The van der Waals surface area contributed by atoms with Gasteiger partial charge in [-0.25, -0.2) is 0 Å². The van der Waals surface area contributed by atoms with Gasteiger partial charge < -0.3 is 9.64 Å². The number of fused-ring (bicyclic) bond motifs is 1. The smallest absolute Gasteiger partial charge is 0.255 e. The van der Waals surface area contributed by atoms with Crippen molar-refractivity contribution < 1.29 is 19.1 Å². The lowest BCUT2D eigenvalue weighted by Gasteiger charge is -2.43. The summed E-state index contributed by atoms with van der Waals surface area (Å²) < 4.78 is 5.87. The molecule has 0 radical (unpaired) electrons. The number of nitrogens with zero attached hydrogens (tertiary/aromatic N) is 2. The molecule has 2 heterocycles. The van der Waals surface area contributed by atoms with Crippen molar-refractivity contribution in [3.05, 3.63) is 40.4 Å². The Morgan fingerprint density at radius 2 is 1.73 bits per heavy atom. The Kier molecular flexibility index (Phi) is 4.34. The standard InChI is InChI=1S/C19H19BrN2O4/c1-26-12-6-7-16(20)15(8-12)17(23)21-9-11(10-21)22-18(24)13-4-2-3-5-14(13)19(22)25/h2-3,6-8,11,13-14H,4-5,9-10H2,1H3/t13-,14-/m0/s1. The Morgan fingerprint density at radius 3 is 2.31 bits per heavy atom. The average molecular weight is 419 g/mol. The van der Waals surface area contributed by atoms with Crippen LogP contribution in [0, 0.1) is 11.8 Å². The SMILES string of the molecule is COc1ccc(Br)c(C(=O)N2CC(N3C(=O)[C@H]4CC=CC[C@@H]4C3=O)C2)c1. The van der Waals surface area contributed by atoms with Crippen LogP contribution >= 0.6 is 15.9 Å². The molecule has 3 amide bonds. The predicted molar refractivity (Wildman–Crippen MR) is 97.6 cm³/mol. The highest BCUT2D eigenvalue weighted by Gasteiger charge is 2.52. The van der Waals surface area contributed by atoms with Gasteiger partial charge in [0.25, 0.3) is 5.91 Å². The van der Waals surface area contributed by atoms with E-state index >= 15 is 0 Å². The Balaban J connectivity index is 1.45. The minimum absolute atomic E-state index is 0.0796. The fourth-order valence-corrected chi connectivity index (χ4v) is 4.35. The molecule has 3 aliphatic rings. The molecule has 136 valence electrons. The largest absolute Gasteiger partial charge is 0.497 e. The first-order valence-corrected chi connectivity index (χ1v) is 9.45. The van der Waals surface area contributed by atoms with Crippen LogP contribution in [0.25, 0.3) is 0 Å². The van der Waals surface area contributed by atoms with Gasteiger partial charge in [0.15, 0.2) is 0 Å². The zero-order valence-electron chi connectivity index (χ0n) is 14.4. The molecule has 2 aliphatic heterocycles. The van der Waals surface area contributed by atoms with Gasteiger partial charge in [0, 0.05) is 17.6 Å². The topological polar surface area (TPSA) is 66.9 Å². The van der Waals surface area contributed by atoms with Crippen LogP contribution in [-0.2, 0) is 9.59 Å². The summed E-state index contributed by atoms with van der Waals surface area (Å²) in [7, 11) is 1.55. The lowest BCUT2D eigenvalue weighted by molar-refractivity contribution is -0.145. The van der Waals surface area contributed by atoms with Crippen LogP contribution < -0.4 is 4.74 Å². The number of methoxy groups -OCH3 is 1. The van der Waals surface area contributed by atoms with Crippen LogP contribution in [0.3, 0.4) is 0 Å². The van der Waals surface area contributed by atoms with Crippen molar-refractivity contribution in [3.63, 3.8) is 0 Å². The van der Waals surface area contributed by atoms with Crippen molar-refractivity contribution in [2.45, 2.75) is 18.9 Å². The van der Waals surface area contributed by atoms with E-state index in [0.717, 1.165) is 0 Å². The highest BCUT2D eigenvalue weighted by molar-refractivity contribution is 9.10. The first-order chi connectivity index (χ1) is 12.5. The third-order valence-electron chi connectivity index (χ3n) is 5.46. The van der Waals surface area contributed by atoms with E-state index < -0.39 is 0 Å². The minimum atomic E-state index is -0.218. The number of hydrogen-bond donors (Lipinski definition) is 0. The molecule has 6 nitrogen and oxygen atoms in total. The third-order valence-corrected chi connectivity index (χ3v) is 6.15. The number of hydrogen-bond acceptors (Lipinski definition) is 4. The van der Waals surface area contributed by atoms with Gasteiger partial charge in [-0.1, -0.05) is 12.2 Å². The summed E-state index contributed by atoms with van der Waals surface area (Å²) in [5.74, 6) is -0.122. The maximum Gasteiger partial charge on any atom is 0.255 e. The molecule has 0 spiro atoms. The number of amides is 3. The molecular weight excluding hydrogens is 400 g/mol. The van der Waals surface area contributed by atoms with Gasteiger partial charge in [0.05, 0.1) is 30.6 Å². The first kappa shape index (κ1) is 17.3. The number of allylic oxidation sites excluding steroid dienone is 2. The Bertz CT molecular complexity index is 790. The highest BCUT2D eigenvalue weighted by Crippen LogP contribution is 2.38. The van der Waals surface area contributed by atoms with E-state index in [1.165, 1.54) is 4.90 Å². The second-order valence-electron chi connectivity index (χ2n) is 6.91. The highest BCUT2D eigenvalue weighted by atomic mass is 79.9. The van der Waals surface area contributed by atoms with E-state index in [2.05, 4.69) is 15.9 Å². The van der Waals surface area contributed by atoms with Crippen LogP contribution in [0.15, 0.2) is 34.8 Å². The van der Waals surface area contributed by atoms with E-state index in [9.17, 15) is 14.4 Å². The van der Waals surface area contributed by atoms with E-state index in [4.69, 9.17) is 4.74 Å². The number of rotatable bonds is 3. The van der Waals surface area contributed by atoms with Gasteiger partial charge in [-0.2, -0.15) is 0 Å². The van der Waals surface area contributed by atoms with E-state index in [1.807, 2.05) is 12.2 Å². The molecule has 0 unspecified atom stereocenters. The second-order valence-corrected chi connectivity index (χ2v) is 7.77. The van der Waals surface area contributed by atoms with Crippen molar-refractivity contribution in [2.75, 3.05) is 20.2 Å². The summed E-state index contributed by atoms with van der Waals surface area (Å²) in [6.07, 6.45) is 5.23. The Hall–Kier alpha value is -2.15. The molecule has 7 heteroatoms. The van der Waals surface area contributed by atoms with Gasteiger partial charge in [-0.3, -0.25) is 19.3 Å². The van der Waals surface area contributed by atoms with Gasteiger partial charge in [-0.05, 0) is 47.0 Å². The van der Waals surface area contributed by atoms with E-state index in [0.29, 0.717) is 41.7 Å². The lowest BCUT2D eigenvalue weighted by atomic mass is 9.85. The van der Waals surface area contributed by atoms with E-state index in [1.54, 1.807) is 30.2 Å². The van der Waals surface area contributed by atoms with E-state index in [-0.39, 0.29) is 35.6 Å². The van der Waals surface area contributed by atoms with Crippen LogP contribution in [0.5, 0.6) is 5.75 Å². The average Bonchev–Trinajstić information content (AvgIpc) is 2.86. The zero-order valence-corrected chi connectivity index (χ0v) is 15.9. The van der Waals surface area contributed by atoms with Crippen LogP contribution in [0.1, 0.15) is 23.2 Å². The molecule has 0 N–H and O–H groups in total. The lowest BCUT2D eigenvalue weighted by Crippen LogP contribution is -2.62. The Labute approximate surface area is 159 Å². The number of halogens is 1. The number of ether oxygens (including phenoxy) is 1. The summed E-state index contributed by atoms with van der Waals surface area (Å²) in [6, 6.07) is 5.02. The molecule has 4 rings (SSSR count). The molecule has 0 saturated carbocycles. The molecule has 1 aromatic rings. The van der Waals surface area contributed by atoms with Gasteiger partial charge in [0.1, 0.15) is 5.75 Å². The maximum atomic E-state index is 12.7. The fraction of sp³-hybridized carbons (Fsp3) is 0.421. The molecule has 2 atom stereocenters. The number of imide groups is 1. The molecular formula is C19H19BrN2O4. The second kappa shape index (κ2) is 6.54. The summed E-state index contributed by atoms with van der Waals surface area (Å²) in [4.78, 5) is 41.0. The van der Waals surface area contributed by atoms with Crippen LogP contribution in [0.2, 0.25) is 0 Å². The maximum absolute atomic E-state index is 12.7. The van der Waals surface area contributed by atoms with Crippen molar-refractivity contribution in [3.8, 4) is 5.75 Å². The summed E-state index contributed by atoms with van der Waals surface area (Å²) in [5.41, 5.74) is 0.514. The third kappa shape index (κ3) is 2.65. The summed E-state index contributed by atoms with van der Waals surface area (Å²) in [6.45, 7) is 0.764. The zero-order chi connectivity index (χ0) is 18.4. The van der Waals surface area contributed by atoms with Gasteiger partial charge in [0.2, 0.25) is 11.8 Å². The number of carbonyl (C=O) groups is 3.